The fraction of sp³-hybridized carbons (Fsp3) is 0. The van der Waals surface area contributed by atoms with Gasteiger partial charge in [-0.05, 0) is 24.3 Å². The molecule has 2 N–H and O–H groups in total. The van der Waals surface area contributed by atoms with Gasteiger partial charge in [0.05, 0.1) is 11.9 Å². The predicted molar refractivity (Wildman–Crippen MR) is 85.9 cm³/mol. The summed E-state index contributed by atoms with van der Waals surface area (Å²) in [6, 6.07) is 9.79. The number of carboxylic acids is 2. The van der Waals surface area contributed by atoms with Crippen molar-refractivity contribution in [3.63, 3.8) is 0 Å². The largest absolute Gasteiger partial charge is 1.00 e. The van der Waals surface area contributed by atoms with Gasteiger partial charge in [-0.15, -0.1) is 0 Å². The number of aromatic carboxylic acids is 2. The third kappa shape index (κ3) is 11.8. The molecule has 0 saturated heterocycles. The van der Waals surface area contributed by atoms with E-state index in [9.17, 15) is 36.6 Å². The minimum absolute atomic E-state index is 0. The number of hydrogen-bond donors (Lipinski definition) is 2. The summed E-state index contributed by atoms with van der Waals surface area (Å²) in [5, 5.41) is 20.9. The van der Waals surface area contributed by atoms with Gasteiger partial charge in [0.2, 0.25) is 0 Å². The summed E-state index contributed by atoms with van der Waals surface area (Å²) in [4.78, 5) is 20.9. The quantitative estimate of drug-likeness (QED) is 0.292. The molecule has 0 spiro atoms. The second-order valence-electron chi connectivity index (χ2n) is 4.59. The van der Waals surface area contributed by atoms with Crippen molar-refractivity contribution < 1.29 is 113 Å². The van der Waals surface area contributed by atoms with Gasteiger partial charge in [-0.2, -0.15) is 16.8 Å². The Bertz CT molecular complexity index is 996. The summed E-state index contributed by atoms with van der Waals surface area (Å²) >= 11 is 0. The van der Waals surface area contributed by atoms with Crippen LogP contribution in [0.3, 0.4) is 0 Å². The molecule has 0 aliphatic carbocycles. The van der Waals surface area contributed by atoms with E-state index in [2.05, 4.69) is 8.37 Å². The number of carboxylic acid groups (broad SMARTS) is 2. The van der Waals surface area contributed by atoms with Crippen molar-refractivity contribution in [1.29, 1.82) is 0 Å². The van der Waals surface area contributed by atoms with Crippen molar-refractivity contribution in [2.75, 3.05) is 0 Å². The van der Waals surface area contributed by atoms with E-state index >= 15 is 0 Å². The predicted octanol–water partition coefficient (Wildman–Crippen LogP) is -7.53. The van der Waals surface area contributed by atoms with Crippen LogP contribution in [0.1, 0.15) is 20.7 Å². The van der Waals surface area contributed by atoms with Crippen molar-refractivity contribution >= 4 is 32.7 Å². The normalized spacial score (nSPS) is 10.2. The monoisotopic (exact) mass is 480 g/mol. The zero-order valence-corrected chi connectivity index (χ0v) is 21.0. The first-order valence-corrected chi connectivity index (χ1v) is 9.47. The Kier molecular flexibility index (Phi) is 13.7. The zero-order chi connectivity index (χ0) is 21.5. The first kappa shape index (κ1) is 31.0. The van der Waals surface area contributed by atoms with E-state index in [4.69, 9.17) is 9.11 Å². The Morgan fingerprint density at radius 2 is 0.933 bits per heavy atom. The molecule has 0 fully saturated rings. The summed E-state index contributed by atoms with van der Waals surface area (Å²) in [7, 11) is -9.45. The molecule has 0 unspecified atom stereocenters. The molecule has 0 radical (unpaired) electrons. The van der Waals surface area contributed by atoms with E-state index < -0.39 is 55.4 Å². The summed E-state index contributed by atoms with van der Waals surface area (Å²) in [5.74, 6) is -4.17. The van der Waals surface area contributed by atoms with E-state index in [1.165, 1.54) is 24.3 Å². The van der Waals surface area contributed by atoms with Crippen LogP contribution in [-0.4, -0.2) is 37.9 Å². The number of hydrogen-bond acceptors (Lipinski definition) is 10. The van der Waals surface area contributed by atoms with Crippen molar-refractivity contribution in [3.8, 4) is 11.5 Å². The van der Waals surface area contributed by atoms with E-state index in [1.54, 1.807) is 0 Å². The Hall–Kier alpha value is -1.20. The molecule has 0 saturated carbocycles. The molecule has 30 heavy (non-hydrogen) atoms. The second kappa shape index (κ2) is 13.3. The summed E-state index contributed by atoms with van der Waals surface area (Å²) < 4.78 is 65.8. The average molecular weight is 480 g/mol. The van der Waals surface area contributed by atoms with E-state index in [1.807, 2.05) is 0 Å². The number of carbonyl (C=O) groups is 2. The van der Waals surface area contributed by atoms with Crippen LogP contribution in [0.5, 0.6) is 11.5 Å². The van der Waals surface area contributed by atoms with Gasteiger partial charge < -0.3 is 28.2 Å². The van der Waals surface area contributed by atoms with Crippen molar-refractivity contribution in [1.82, 2.24) is 0 Å². The molecule has 16 heteroatoms. The van der Waals surface area contributed by atoms with Gasteiger partial charge in [0.25, 0.3) is 0 Å². The van der Waals surface area contributed by atoms with Crippen LogP contribution in [0.2, 0.25) is 0 Å². The van der Waals surface area contributed by atoms with Gasteiger partial charge in [-0.3, -0.25) is 9.11 Å². The minimum Gasteiger partial charge on any atom is -0.545 e. The van der Waals surface area contributed by atoms with Crippen LogP contribution in [0, 0.1) is 0 Å². The van der Waals surface area contributed by atoms with Gasteiger partial charge >= 0.3 is 79.9 Å². The molecular weight excluding hydrogens is 470 g/mol. The SMILES string of the molecule is O=C([O-])c1ccccc1OS(=O)(=O)O.O=C([O-])c1ccccc1OS(=O)(=O)O.[Na+].[Na+]. The Morgan fingerprint density at radius 1 is 0.667 bits per heavy atom. The molecule has 2 aromatic rings. The van der Waals surface area contributed by atoms with Crippen LogP contribution < -0.4 is 77.7 Å². The molecule has 0 atom stereocenters. The molecule has 152 valence electrons. The third-order valence-electron chi connectivity index (χ3n) is 2.60. The van der Waals surface area contributed by atoms with E-state index in [0.717, 1.165) is 24.3 Å². The van der Waals surface area contributed by atoms with Crippen LogP contribution >= 0.6 is 0 Å². The fourth-order valence-electron chi connectivity index (χ4n) is 1.64. The van der Waals surface area contributed by atoms with E-state index in [0.29, 0.717) is 0 Å². The first-order valence-electron chi connectivity index (χ1n) is 6.74. The second-order valence-corrected chi connectivity index (χ2v) is 6.63. The Labute approximate surface area is 215 Å². The Balaban J connectivity index is 0. The van der Waals surface area contributed by atoms with Gasteiger partial charge in [0, 0.05) is 11.1 Å². The van der Waals surface area contributed by atoms with Crippen molar-refractivity contribution in [2.24, 2.45) is 0 Å². The number of rotatable bonds is 6. The van der Waals surface area contributed by atoms with Crippen LogP contribution in [0.4, 0.5) is 0 Å². The van der Waals surface area contributed by atoms with Gasteiger partial charge in [-0.25, -0.2) is 0 Å². The van der Waals surface area contributed by atoms with Gasteiger partial charge in [0.15, 0.2) is 11.5 Å². The standard InChI is InChI=1S/2C7H6O6S.2Na/c2*8-7(9)5-3-1-2-4-6(5)13-14(10,11)12;;/h2*1-4H,(H,8,9)(H,10,11,12);;/q;;2*+1/p-2. The smallest absolute Gasteiger partial charge is 0.545 e. The fourth-order valence-corrected chi connectivity index (χ4v) is 2.39. The average Bonchev–Trinajstić information content (AvgIpc) is 2.53. The first-order chi connectivity index (χ1) is 12.8. The molecule has 0 aliphatic rings. The van der Waals surface area contributed by atoms with Crippen LogP contribution in [0.15, 0.2) is 48.5 Å². The molecule has 0 amide bonds. The molecule has 0 bridgehead atoms. The van der Waals surface area contributed by atoms with Crippen molar-refractivity contribution in [3.05, 3.63) is 59.7 Å². The maximum Gasteiger partial charge on any atom is 1.00 e. The van der Waals surface area contributed by atoms with Crippen LogP contribution in [0.25, 0.3) is 0 Å². The molecule has 12 nitrogen and oxygen atoms in total. The number of para-hydroxylation sites is 2. The summed E-state index contributed by atoms with van der Waals surface area (Å²) in [6.07, 6.45) is 0. The molecule has 0 heterocycles. The molecule has 2 rings (SSSR count). The summed E-state index contributed by atoms with van der Waals surface area (Å²) in [6.45, 7) is 0. The third-order valence-corrected chi connectivity index (χ3v) is 3.38. The van der Waals surface area contributed by atoms with Gasteiger partial charge in [-0.1, -0.05) is 24.3 Å². The van der Waals surface area contributed by atoms with Crippen LogP contribution in [-0.2, 0) is 20.8 Å². The number of benzene rings is 2. The van der Waals surface area contributed by atoms with Crippen molar-refractivity contribution in [2.45, 2.75) is 0 Å². The topological polar surface area (TPSA) is 207 Å². The van der Waals surface area contributed by atoms with E-state index in [-0.39, 0.29) is 59.1 Å². The van der Waals surface area contributed by atoms with Gasteiger partial charge in [0.1, 0.15) is 0 Å². The molecule has 2 aromatic carbocycles. The maximum atomic E-state index is 10.4. The minimum atomic E-state index is -4.72. The molecular formula is C14H10Na2O12S2. The summed E-state index contributed by atoms with van der Waals surface area (Å²) in [5.41, 5.74) is -0.907. The zero-order valence-electron chi connectivity index (χ0n) is 15.4. The number of carbonyl (C=O) groups excluding carboxylic acids is 2. The maximum absolute atomic E-state index is 10.4. The molecule has 0 aromatic heterocycles. The molecule has 0 aliphatic heterocycles. The Morgan fingerprint density at radius 3 is 1.17 bits per heavy atom.